The van der Waals surface area contributed by atoms with Gasteiger partial charge in [-0.1, -0.05) is 0 Å². The highest BCUT2D eigenvalue weighted by Gasteiger charge is 2.20. The van der Waals surface area contributed by atoms with Gasteiger partial charge in [0.1, 0.15) is 11.4 Å². The monoisotopic (exact) mass is 263 g/mol. The topological polar surface area (TPSA) is 54.5 Å². The van der Waals surface area contributed by atoms with E-state index in [1.807, 2.05) is 7.05 Å². The van der Waals surface area contributed by atoms with Crippen molar-refractivity contribution in [1.29, 1.82) is 0 Å². The van der Waals surface area contributed by atoms with Crippen molar-refractivity contribution >= 4 is 11.8 Å². The molecule has 0 radical (unpaired) electrons. The number of carbonyl (C=O) groups excluding carboxylic acids is 1. The first-order valence-corrected chi connectivity index (χ1v) is 6.67. The van der Waals surface area contributed by atoms with E-state index in [-0.39, 0.29) is 5.97 Å². The number of aromatic nitrogens is 1. The standard InChI is InChI=1S/C14H21N3O2/c1-17(10-11-5-8-15-9-6-11)13-12(14(18)19-2)4-3-7-16-13/h3-4,7,11,15H,5-6,8-10H2,1-2H3. The van der Waals surface area contributed by atoms with Gasteiger partial charge in [0.2, 0.25) is 0 Å². The number of ether oxygens (including phenoxy) is 1. The number of nitrogens with zero attached hydrogens (tertiary/aromatic N) is 2. The smallest absolute Gasteiger partial charge is 0.341 e. The van der Waals surface area contributed by atoms with Gasteiger partial charge in [0.05, 0.1) is 7.11 Å². The number of anilines is 1. The number of pyridine rings is 1. The predicted octanol–water partition coefficient (Wildman–Crippen LogP) is 1.30. The molecule has 2 rings (SSSR count). The molecule has 0 amide bonds. The van der Waals surface area contributed by atoms with Crippen LogP contribution in [0, 0.1) is 5.92 Å². The Morgan fingerprint density at radius 1 is 1.53 bits per heavy atom. The SMILES string of the molecule is COC(=O)c1cccnc1N(C)CC1CCNCC1. The van der Waals surface area contributed by atoms with Gasteiger partial charge in [0.15, 0.2) is 0 Å². The molecule has 1 saturated heterocycles. The van der Waals surface area contributed by atoms with Crippen molar-refractivity contribution in [2.24, 2.45) is 5.92 Å². The molecule has 1 aromatic heterocycles. The van der Waals surface area contributed by atoms with E-state index in [0.29, 0.717) is 17.3 Å². The van der Waals surface area contributed by atoms with Gasteiger partial charge in [0, 0.05) is 19.8 Å². The van der Waals surface area contributed by atoms with Crippen LogP contribution in [0.5, 0.6) is 0 Å². The third-order valence-corrected chi connectivity index (χ3v) is 3.54. The molecule has 0 saturated carbocycles. The van der Waals surface area contributed by atoms with Crippen molar-refractivity contribution in [1.82, 2.24) is 10.3 Å². The second-order valence-corrected chi connectivity index (χ2v) is 4.94. The van der Waals surface area contributed by atoms with Crippen LogP contribution in [0.3, 0.4) is 0 Å². The number of esters is 1. The van der Waals surface area contributed by atoms with E-state index in [2.05, 4.69) is 15.2 Å². The molecule has 2 heterocycles. The Morgan fingerprint density at radius 3 is 2.95 bits per heavy atom. The van der Waals surface area contributed by atoms with Gasteiger partial charge in [-0.05, 0) is 44.0 Å². The quantitative estimate of drug-likeness (QED) is 0.830. The maximum atomic E-state index is 11.7. The summed E-state index contributed by atoms with van der Waals surface area (Å²) in [5.41, 5.74) is 0.529. The van der Waals surface area contributed by atoms with Gasteiger partial charge in [-0.2, -0.15) is 0 Å². The van der Waals surface area contributed by atoms with E-state index in [1.54, 1.807) is 18.3 Å². The van der Waals surface area contributed by atoms with Gasteiger partial charge in [-0.25, -0.2) is 9.78 Å². The van der Waals surface area contributed by atoms with Crippen LogP contribution < -0.4 is 10.2 Å². The van der Waals surface area contributed by atoms with Gasteiger partial charge in [0.25, 0.3) is 0 Å². The summed E-state index contributed by atoms with van der Waals surface area (Å²) in [4.78, 5) is 18.1. The third-order valence-electron chi connectivity index (χ3n) is 3.54. The number of hydrogen-bond acceptors (Lipinski definition) is 5. The van der Waals surface area contributed by atoms with E-state index < -0.39 is 0 Å². The second-order valence-electron chi connectivity index (χ2n) is 4.94. The zero-order valence-corrected chi connectivity index (χ0v) is 11.6. The molecule has 0 aliphatic carbocycles. The summed E-state index contributed by atoms with van der Waals surface area (Å²) in [7, 11) is 3.38. The molecule has 1 N–H and O–H groups in total. The Bertz CT molecular complexity index is 430. The van der Waals surface area contributed by atoms with Gasteiger partial charge in [-0.15, -0.1) is 0 Å². The van der Waals surface area contributed by atoms with Crippen LogP contribution in [0.1, 0.15) is 23.2 Å². The Hall–Kier alpha value is -1.62. The Kier molecular flexibility index (Phi) is 4.74. The first kappa shape index (κ1) is 13.8. The molecule has 0 atom stereocenters. The van der Waals surface area contributed by atoms with Crippen LogP contribution >= 0.6 is 0 Å². The number of nitrogens with one attached hydrogen (secondary N) is 1. The average molecular weight is 263 g/mol. The normalized spacial score (nSPS) is 16.1. The molecule has 1 aliphatic heterocycles. The summed E-state index contributed by atoms with van der Waals surface area (Å²) >= 11 is 0. The maximum Gasteiger partial charge on any atom is 0.341 e. The minimum absolute atomic E-state index is 0.333. The number of carbonyl (C=O) groups is 1. The zero-order valence-electron chi connectivity index (χ0n) is 11.6. The number of methoxy groups -OCH3 is 1. The summed E-state index contributed by atoms with van der Waals surface area (Å²) in [5.74, 6) is 1.02. The Balaban J connectivity index is 2.09. The largest absolute Gasteiger partial charge is 0.465 e. The van der Waals surface area contributed by atoms with Crippen LogP contribution in [0.15, 0.2) is 18.3 Å². The molecule has 0 unspecified atom stereocenters. The number of hydrogen-bond donors (Lipinski definition) is 1. The lowest BCUT2D eigenvalue weighted by atomic mass is 9.97. The van der Waals surface area contributed by atoms with E-state index in [4.69, 9.17) is 4.74 Å². The van der Waals surface area contributed by atoms with Gasteiger partial charge >= 0.3 is 5.97 Å². The lowest BCUT2D eigenvalue weighted by Gasteiger charge is -2.28. The van der Waals surface area contributed by atoms with E-state index in [9.17, 15) is 4.79 Å². The molecule has 104 valence electrons. The molecule has 0 aromatic carbocycles. The summed E-state index contributed by atoms with van der Waals surface area (Å²) in [6.45, 7) is 3.07. The van der Waals surface area contributed by atoms with Crippen molar-refractivity contribution in [2.45, 2.75) is 12.8 Å². The molecule has 1 fully saturated rings. The van der Waals surface area contributed by atoms with Crippen LogP contribution in [-0.4, -0.2) is 44.7 Å². The fraction of sp³-hybridized carbons (Fsp3) is 0.571. The molecular weight excluding hydrogens is 242 g/mol. The molecular formula is C14H21N3O2. The van der Waals surface area contributed by atoms with Crippen LogP contribution in [0.2, 0.25) is 0 Å². The van der Waals surface area contributed by atoms with E-state index in [0.717, 1.165) is 19.6 Å². The summed E-state index contributed by atoms with van der Waals surface area (Å²) < 4.78 is 4.80. The van der Waals surface area contributed by atoms with Crippen molar-refractivity contribution in [3.8, 4) is 0 Å². The van der Waals surface area contributed by atoms with Crippen LogP contribution in [0.4, 0.5) is 5.82 Å². The third kappa shape index (κ3) is 3.44. The minimum atomic E-state index is -0.333. The molecule has 19 heavy (non-hydrogen) atoms. The minimum Gasteiger partial charge on any atom is -0.465 e. The van der Waals surface area contributed by atoms with Crippen molar-refractivity contribution in [3.63, 3.8) is 0 Å². The molecule has 0 spiro atoms. The van der Waals surface area contributed by atoms with Crippen molar-refractivity contribution < 1.29 is 9.53 Å². The first-order valence-electron chi connectivity index (χ1n) is 6.67. The Labute approximate surface area is 114 Å². The average Bonchev–Trinajstić information content (AvgIpc) is 2.47. The molecule has 5 heteroatoms. The van der Waals surface area contributed by atoms with Gasteiger partial charge in [-0.3, -0.25) is 0 Å². The molecule has 1 aliphatic rings. The second kappa shape index (κ2) is 6.52. The summed E-state index contributed by atoms with van der Waals surface area (Å²) in [6.07, 6.45) is 4.05. The van der Waals surface area contributed by atoms with E-state index >= 15 is 0 Å². The fourth-order valence-electron chi connectivity index (χ4n) is 2.51. The summed E-state index contributed by atoms with van der Waals surface area (Å²) in [5, 5.41) is 3.36. The summed E-state index contributed by atoms with van der Waals surface area (Å²) in [6, 6.07) is 3.52. The van der Waals surface area contributed by atoms with E-state index in [1.165, 1.54) is 20.0 Å². The van der Waals surface area contributed by atoms with Crippen LogP contribution in [-0.2, 0) is 4.74 Å². The van der Waals surface area contributed by atoms with Crippen LogP contribution in [0.25, 0.3) is 0 Å². The molecule has 0 bridgehead atoms. The number of piperidine rings is 1. The van der Waals surface area contributed by atoms with Crippen molar-refractivity contribution in [2.75, 3.05) is 38.7 Å². The highest BCUT2D eigenvalue weighted by Crippen LogP contribution is 2.20. The van der Waals surface area contributed by atoms with Gasteiger partial charge < -0.3 is 15.0 Å². The lowest BCUT2D eigenvalue weighted by molar-refractivity contribution is 0.0601. The highest BCUT2D eigenvalue weighted by molar-refractivity contribution is 5.94. The lowest BCUT2D eigenvalue weighted by Crippen LogP contribution is -2.35. The maximum absolute atomic E-state index is 11.7. The fourth-order valence-corrected chi connectivity index (χ4v) is 2.51. The predicted molar refractivity (Wildman–Crippen MR) is 74.4 cm³/mol. The first-order chi connectivity index (χ1) is 9.22. The van der Waals surface area contributed by atoms with Crippen molar-refractivity contribution in [3.05, 3.63) is 23.9 Å². The zero-order chi connectivity index (χ0) is 13.7. The molecule has 1 aromatic rings. The Morgan fingerprint density at radius 2 is 2.26 bits per heavy atom. The highest BCUT2D eigenvalue weighted by atomic mass is 16.5. The number of rotatable bonds is 4. The molecule has 5 nitrogen and oxygen atoms in total.